The van der Waals surface area contributed by atoms with E-state index in [1.54, 1.807) is 0 Å². The van der Waals surface area contributed by atoms with Crippen LogP contribution in [0.1, 0.15) is 38.5 Å². The molecule has 2 aliphatic rings. The molecule has 0 aromatic heterocycles. The Morgan fingerprint density at radius 1 is 1.21 bits per heavy atom. The van der Waals surface area contributed by atoms with Gasteiger partial charge < -0.3 is 9.47 Å². The minimum Gasteiger partial charge on any atom is -0.347 e. The van der Waals surface area contributed by atoms with E-state index in [0.717, 1.165) is 32.5 Å². The van der Waals surface area contributed by atoms with Crippen molar-refractivity contribution in [2.45, 2.75) is 44.3 Å². The van der Waals surface area contributed by atoms with Gasteiger partial charge in [0.15, 0.2) is 5.79 Å². The van der Waals surface area contributed by atoms with Crippen LogP contribution in [0.4, 0.5) is 0 Å². The van der Waals surface area contributed by atoms with Crippen molar-refractivity contribution in [2.75, 3.05) is 13.2 Å². The van der Waals surface area contributed by atoms with E-state index in [1.807, 2.05) is 0 Å². The summed E-state index contributed by atoms with van der Waals surface area (Å²) in [4.78, 5) is 0. The third-order valence-electron chi connectivity index (χ3n) is 3.34. The van der Waals surface area contributed by atoms with Gasteiger partial charge in [0.2, 0.25) is 0 Å². The second-order valence-corrected chi connectivity index (χ2v) is 4.21. The van der Waals surface area contributed by atoms with Crippen LogP contribution >= 0.6 is 0 Å². The zero-order valence-electron chi connectivity index (χ0n) is 8.63. The Morgan fingerprint density at radius 3 is 2.71 bits per heavy atom. The minimum absolute atomic E-state index is 0.317. The fourth-order valence-corrected chi connectivity index (χ4v) is 2.61. The van der Waals surface area contributed by atoms with Gasteiger partial charge in [-0.1, -0.05) is 12.8 Å². The van der Waals surface area contributed by atoms with Crippen LogP contribution in [-0.4, -0.2) is 19.0 Å². The molecule has 0 aromatic rings. The summed E-state index contributed by atoms with van der Waals surface area (Å²) < 4.78 is 11.6. The van der Waals surface area contributed by atoms with E-state index in [0.29, 0.717) is 5.92 Å². The standard InChI is InChI=1S/C12H18O2/c1-2-6-11-7-4-3-5-8-12(11)13-9-10-14-12/h1,11H,3-10H2. The molecule has 0 aromatic carbocycles. The van der Waals surface area contributed by atoms with Gasteiger partial charge >= 0.3 is 0 Å². The maximum atomic E-state index is 5.81. The Kier molecular flexibility index (Phi) is 3.10. The van der Waals surface area contributed by atoms with E-state index < -0.39 is 0 Å². The van der Waals surface area contributed by atoms with Gasteiger partial charge in [0.05, 0.1) is 13.2 Å². The summed E-state index contributed by atoms with van der Waals surface area (Å²) in [5, 5.41) is 0. The molecular weight excluding hydrogens is 176 g/mol. The Balaban J connectivity index is 2.11. The maximum absolute atomic E-state index is 5.81. The van der Waals surface area contributed by atoms with E-state index >= 15 is 0 Å². The highest BCUT2D eigenvalue weighted by atomic mass is 16.7. The highest BCUT2D eigenvalue weighted by Crippen LogP contribution is 2.40. The smallest absolute Gasteiger partial charge is 0.172 e. The van der Waals surface area contributed by atoms with Crippen molar-refractivity contribution in [1.29, 1.82) is 0 Å². The average Bonchev–Trinajstić information content (AvgIpc) is 2.56. The molecule has 1 saturated heterocycles. The first kappa shape index (κ1) is 10.0. The van der Waals surface area contributed by atoms with E-state index in [4.69, 9.17) is 15.9 Å². The zero-order valence-corrected chi connectivity index (χ0v) is 8.63. The highest BCUT2D eigenvalue weighted by molar-refractivity contribution is 4.94. The molecular formula is C12H18O2. The van der Waals surface area contributed by atoms with Crippen LogP contribution in [-0.2, 0) is 9.47 Å². The molecule has 1 heterocycles. The van der Waals surface area contributed by atoms with Gasteiger partial charge in [-0.15, -0.1) is 12.3 Å². The lowest BCUT2D eigenvalue weighted by molar-refractivity contribution is -0.197. The van der Waals surface area contributed by atoms with Gasteiger partial charge in [0, 0.05) is 18.8 Å². The molecule has 0 bridgehead atoms. The molecule has 1 saturated carbocycles. The lowest BCUT2D eigenvalue weighted by Crippen LogP contribution is -2.38. The van der Waals surface area contributed by atoms with Crippen LogP contribution in [0.2, 0.25) is 0 Å². The van der Waals surface area contributed by atoms with Crippen molar-refractivity contribution in [3.63, 3.8) is 0 Å². The SMILES string of the molecule is C#CCC1CCCCCC12OCCO2. The van der Waals surface area contributed by atoms with Crippen LogP contribution < -0.4 is 0 Å². The Morgan fingerprint density at radius 2 is 2.00 bits per heavy atom. The first-order chi connectivity index (χ1) is 6.87. The normalized spacial score (nSPS) is 31.2. The van der Waals surface area contributed by atoms with Crippen LogP contribution in [0, 0.1) is 18.3 Å². The molecule has 2 heteroatoms. The molecule has 2 nitrogen and oxygen atoms in total. The molecule has 2 fully saturated rings. The van der Waals surface area contributed by atoms with Crippen molar-refractivity contribution in [3.8, 4) is 12.3 Å². The number of hydrogen-bond acceptors (Lipinski definition) is 2. The van der Waals surface area contributed by atoms with Gasteiger partial charge in [0.25, 0.3) is 0 Å². The molecule has 0 N–H and O–H groups in total. The zero-order chi connectivity index (χ0) is 9.86. The predicted molar refractivity (Wildman–Crippen MR) is 54.7 cm³/mol. The van der Waals surface area contributed by atoms with Crippen molar-refractivity contribution in [2.24, 2.45) is 5.92 Å². The predicted octanol–water partition coefficient (Wildman–Crippen LogP) is 2.33. The third kappa shape index (κ3) is 1.80. The average molecular weight is 194 g/mol. The number of hydrogen-bond donors (Lipinski definition) is 0. The summed E-state index contributed by atoms with van der Waals surface area (Å²) in [5.41, 5.74) is 0. The van der Waals surface area contributed by atoms with Crippen LogP contribution in [0.5, 0.6) is 0 Å². The monoisotopic (exact) mass is 194 g/mol. The first-order valence-electron chi connectivity index (χ1n) is 5.59. The van der Waals surface area contributed by atoms with E-state index in [-0.39, 0.29) is 5.79 Å². The molecule has 1 unspecified atom stereocenters. The topological polar surface area (TPSA) is 18.5 Å². The second-order valence-electron chi connectivity index (χ2n) is 4.21. The van der Waals surface area contributed by atoms with E-state index in [2.05, 4.69) is 5.92 Å². The van der Waals surface area contributed by atoms with Crippen molar-refractivity contribution < 1.29 is 9.47 Å². The quantitative estimate of drug-likeness (QED) is 0.596. The van der Waals surface area contributed by atoms with E-state index in [1.165, 1.54) is 19.3 Å². The Labute approximate surface area is 86.0 Å². The summed E-state index contributed by atoms with van der Waals surface area (Å²) in [6.07, 6.45) is 12.1. The van der Waals surface area contributed by atoms with Crippen LogP contribution in [0.3, 0.4) is 0 Å². The molecule has 1 atom stereocenters. The molecule has 1 aliphatic heterocycles. The molecule has 14 heavy (non-hydrogen) atoms. The largest absolute Gasteiger partial charge is 0.347 e. The van der Waals surface area contributed by atoms with Crippen molar-refractivity contribution in [3.05, 3.63) is 0 Å². The summed E-state index contributed by atoms with van der Waals surface area (Å²) in [6, 6.07) is 0. The Bertz CT molecular complexity index is 223. The van der Waals surface area contributed by atoms with E-state index in [9.17, 15) is 0 Å². The van der Waals surface area contributed by atoms with Crippen molar-refractivity contribution in [1.82, 2.24) is 0 Å². The molecule has 1 aliphatic carbocycles. The molecule has 0 amide bonds. The fraction of sp³-hybridized carbons (Fsp3) is 0.833. The van der Waals surface area contributed by atoms with Crippen molar-refractivity contribution >= 4 is 0 Å². The van der Waals surface area contributed by atoms with Gasteiger partial charge in [-0.25, -0.2) is 0 Å². The van der Waals surface area contributed by atoms with Gasteiger partial charge in [-0.05, 0) is 12.8 Å². The van der Waals surface area contributed by atoms with Gasteiger partial charge in [-0.3, -0.25) is 0 Å². The lowest BCUT2D eigenvalue weighted by Gasteiger charge is -2.33. The molecule has 1 spiro atoms. The first-order valence-corrected chi connectivity index (χ1v) is 5.59. The summed E-state index contributed by atoms with van der Waals surface area (Å²) in [7, 11) is 0. The number of ether oxygens (including phenoxy) is 2. The van der Waals surface area contributed by atoms with Crippen LogP contribution in [0.25, 0.3) is 0 Å². The molecule has 2 rings (SSSR count). The van der Waals surface area contributed by atoms with Gasteiger partial charge in [-0.2, -0.15) is 0 Å². The lowest BCUT2D eigenvalue weighted by atomic mass is 9.90. The molecule has 0 radical (unpaired) electrons. The summed E-state index contributed by atoms with van der Waals surface area (Å²) >= 11 is 0. The second kappa shape index (κ2) is 4.33. The van der Waals surface area contributed by atoms with Gasteiger partial charge in [0.1, 0.15) is 0 Å². The number of rotatable bonds is 1. The summed E-state index contributed by atoms with van der Waals surface area (Å²) in [6.45, 7) is 1.47. The fourth-order valence-electron chi connectivity index (χ4n) is 2.61. The maximum Gasteiger partial charge on any atom is 0.172 e. The summed E-state index contributed by atoms with van der Waals surface area (Å²) in [5.74, 6) is 2.85. The molecule has 78 valence electrons. The number of terminal acetylenes is 1. The minimum atomic E-state index is -0.317. The highest BCUT2D eigenvalue weighted by Gasteiger charge is 2.44. The van der Waals surface area contributed by atoms with Crippen LogP contribution in [0.15, 0.2) is 0 Å². The third-order valence-corrected chi connectivity index (χ3v) is 3.34. The Hall–Kier alpha value is -0.520.